The van der Waals surface area contributed by atoms with E-state index in [1.54, 1.807) is 24.3 Å². The smallest absolute Gasteiger partial charge is 0.245 e. The summed E-state index contributed by atoms with van der Waals surface area (Å²) in [4.78, 5) is 2.40. The number of benzene rings is 1. The summed E-state index contributed by atoms with van der Waals surface area (Å²) in [5.74, 6) is 5.41. The van der Waals surface area contributed by atoms with Gasteiger partial charge in [0.1, 0.15) is 4.90 Å². The second kappa shape index (κ2) is 5.33. The highest BCUT2D eigenvalue weighted by Gasteiger charge is 2.37. The number of sulfonamides is 1. The number of rotatable bonds is 3. The summed E-state index contributed by atoms with van der Waals surface area (Å²) in [6, 6.07) is 6.70. The van der Waals surface area contributed by atoms with Crippen LogP contribution in [0.15, 0.2) is 29.2 Å². The highest BCUT2D eigenvalue weighted by Crippen LogP contribution is 2.28. The maximum Gasteiger partial charge on any atom is 0.245 e. The Balaban J connectivity index is 2.36. The van der Waals surface area contributed by atoms with Gasteiger partial charge < -0.3 is 5.43 Å². The number of nitrogens with one attached hydrogen (secondary N) is 1. The van der Waals surface area contributed by atoms with Crippen LogP contribution in [0.3, 0.4) is 0 Å². The van der Waals surface area contributed by atoms with Crippen molar-refractivity contribution in [2.75, 3.05) is 32.1 Å². The number of nitrogens with two attached hydrogens (primary N) is 1. The van der Waals surface area contributed by atoms with Gasteiger partial charge in [0.2, 0.25) is 10.0 Å². The third-order valence-corrected chi connectivity index (χ3v) is 5.85. The molecule has 0 unspecified atom stereocenters. The van der Waals surface area contributed by atoms with Crippen LogP contribution in [0.5, 0.6) is 0 Å². The zero-order valence-corrected chi connectivity index (χ0v) is 12.9. The molecule has 0 radical (unpaired) electrons. The molecule has 20 heavy (non-hydrogen) atoms. The van der Waals surface area contributed by atoms with E-state index >= 15 is 0 Å². The summed E-state index contributed by atoms with van der Waals surface area (Å²) in [7, 11) is -1.52. The molecule has 6 nitrogen and oxygen atoms in total. The van der Waals surface area contributed by atoms with E-state index in [9.17, 15) is 8.42 Å². The number of likely N-dealkylation sites (N-methyl/N-ethyl adjacent to an activating group) is 1. The number of hydrazine groups is 1. The first-order chi connectivity index (χ1) is 9.29. The van der Waals surface area contributed by atoms with Gasteiger partial charge in [-0.15, -0.1) is 0 Å². The van der Waals surface area contributed by atoms with Crippen LogP contribution in [0.25, 0.3) is 0 Å². The van der Waals surface area contributed by atoms with Gasteiger partial charge in [0.05, 0.1) is 5.69 Å². The van der Waals surface area contributed by atoms with E-state index in [0.717, 1.165) is 0 Å². The number of nitrogens with zero attached hydrogens (tertiary/aromatic N) is 2. The average Bonchev–Trinajstić information content (AvgIpc) is 2.41. The first-order valence-corrected chi connectivity index (χ1v) is 8.00. The lowest BCUT2D eigenvalue weighted by Gasteiger charge is -2.44. The fourth-order valence-corrected chi connectivity index (χ4v) is 4.09. The molecule has 2 rings (SSSR count). The van der Waals surface area contributed by atoms with Gasteiger partial charge in [0.15, 0.2) is 0 Å². The van der Waals surface area contributed by atoms with Crippen molar-refractivity contribution in [3.63, 3.8) is 0 Å². The molecule has 112 valence electrons. The first-order valence-electron chi connectivity index (χ1n) is 6.56. The molecule has 1 saturated heterocycles. The van der Waals surface area contributed by atoms with Crippen molar-refractivity contribution >= 4 is 15.7 Å². The predicted octanol–water partition coefficient (Wildman–Crippen LogP) is 0.687. The second-order valence-electron chi connectivity index (χ2n) is 5.71. The quantitative estimate of drug-likeness (QED) is 0.634. The van der Waals surface area contributed by atoms with Crippen molar-refractivity contribution in [3.05, 3.63) is 24.3 Å². The van der Waals surface area contributed by atoms with E-state index < -0.39 is 10.0 Å². The summed E-state index contributed by atoms with van der Waals surface area (Å²) < 4.78 is 27.1. The monoisotopic (exact) mass is 298 g/mol. The van der Waals surface area contributed by atoms with Crippen molar-refractivity contribution in [1.29, 1.82) is 0 Å². The van der Waals surface area contributed by atoms with Crippen molar-refractivity contribution in [2.45, 2.75) is 24.3 Å². The zero-order valence-electron chi connectivity index (χ0n) is 12.1. The molecule has 1 fully saturated rings. The number of hydrogen-bond acceptors (Lipinski definition) is 5. The molecule has 1 aliphatic heterocycles. The van der Waals surface area contributed by atoms with E-state index in [0.29, 0.717) is 25.3 Å². The van der Waals surface area contributed by atoms with Crippen LogP contribution < -0.4 is 11.3 Å². The lowest BCUT2D eigenvalue weighted by atomic mass is 10.0. The SMILES string of the molecule is CN1CCN(S(=O)(=O)c2ccccc2NN)CC1(C)C. The highest BCUT2D eigenvalue weighted by molar-refractivity contribution is 7.89. The zero-order chi connectivity index (χ0) is 15.0. The predicted molar refractivity (Wildman–Crippen MR) is 79.7 cm³/mol. The summed E-state index contributed by atoms with van der Waals surface area (Å²) in [6.45, 7) is 5.75. The van der Waals surface area contributed by atoms with Crippen LogP contribution in [-0.4, -0.2) is 49.8 Å². The third kappa shape index (κ3) is 2.67. The van der Waals surface area contributed by atoms with Crippen LogP contribution in [-0.2, 0) is 10.0 Å². The molecule has 3 N–H and O–H groups in total. The van der Waals surface area contributed by atoms with Crippen LogP contribution in [0, 0.1) is 0 Å². The van der Waals surface area contributed by atoms with Gasteiger partial charge in [-0.3, -0.25) is 10.7 Å². The normalized spacial score (nSPS) is 20.8. The van der Waals surface area contributed by atoms with Crippen molar-refractivity contribution in [3.8, 4) is 0 Å². The largest absolute Gasteiger partial charge is 0.323 e. The maximum atomic E-state index is 12.8. The van der Waals surface area contributed by atoms with Crippen LogP contribution in [0.2, 0.25) is 0 Å². The molecule has 0 aliphatic carbocycles. The topological polar surface area (TPSA) is 78.7 Å². The molecular formula is C13H22N4O2S. The molecule has 1 heterocycles. The second-order valence-corrected chi connectivity index (χ2v) is 7.62. The molecule has 0 amide bonds. The van der Waals surface area contributed by atoms with E-state index in [1.807, 2.05) is 20.9 Å². The lowest BCUT2D eigenvalue weighted by Crippen LogP contribution is -2.58. The molecule has 0 spiro atoms. The van der Waals surface area contributed by atoms with Gasteiger partial charge in [-0.2, -0.15) is 4.31 Å². The third-order valence-electron chi connectivity index (χ3n) is 3.94. The van der Waals surface area contributed by atoms with Gasteiger partial charge in [-0.1, -0.05) is 12.1 Å². The molecule has 1 aliphatic rings. The van der Waals surface area contributed by atoms with Crippen molar-refractivity contribution in [1.82, 2.24) is 9.21 Å². The highest BCUT2D eigenvalue weighted by atomic mass is 32.2. The fraction of sp³-hybridized carbons (Fsp3) is 0.538. The summed E-state index contributed by atoms with van der Waals surface area (Å²) in [5, 5.41) is 0. The van der Waals surface area contributed by atoms with Gasteiger partial charge in [0, 0.05) is 25.2 Å². The minimum Gasteiger partial charge on any atom is -0.323 e. The molecule has 7 heteroatoms. The maximum absolute atomic E-state index is 12.8. The summed E-state index contributed by atoms with van der Waals surface area (Å²) in [5.41, 5.74) is 2.69. The number of anilines is 1. The van der Waals surface area contributed by atoms with Crippen molar-refractivity contribution in [2.24, 2.45) is 5.84 Å². The standard InChI is InChI=1S/C13H22N4O2S/c1-13(2)10-17(9-8-16(13)3)20(18,19)12-7-5-4-6-11(12)15-14/h4-7,15H,8-10,14H2,1-3H3. The Morgan fingerprint density at radius 2 is 1.90 bits per heavy atom. The molecule has 0 aromatic heterocycles. The fourth-order valence-electron chi connectivity index (χ4n) is 2.35. The minimum absolute atomic E-state index is 0.184. The van der Waals surface area contributed by atoms with Crippen LogP contribution >= 0.6 is 0 Å². The molecule has 0 saturated carbocycles. The van der Waals surface area contributed by atoms with E-state index in [-0.39, 0.29) is 10.4 Å². The lowest BCUT2D eigenvalue weighted by molar-refractivity contribution is 0.0802. The Morgan fingerprint density at radius 3 is 2.50 bits per heavy atom. The van der Waals surface area contributed by atoms with Gasteiger partial charge in [0.25, 0.3) is 0 Å². The number of hydrogen-bond donors (Lipinski definition) is 2. The van der Waals surface area contributed by atoms with Gasteiger partial charge in [-0.25, -0.2) is 8.42 Å². The van der Waals surface area contributed by atoms with E-state index in [1.165, 1.54) is 4.31 Å². The van der Waals surface area contributed by atoms with Crippen molar-refractivity contribution < 1.29 is 8.42 Å². The Labute approximate surface area is 120 Å². The number of nitrogen functional groups attached to an aromatic ring is 1. The number of para-hydroxylation sites is 1. The Hall–Kier alpha value is -1.15. The Morgan fingerprint density at radius 1 is 1.25 bits per heavy atom. The number of piperazine rings is 1. The molecule has 0 bridgehead atoms. The Bertz CT molecular complexity index is 586. The minimum atomic E-state index is -3.54. The van der Waals surface area contributed by atoms with Crippen LogP contribution in [0.4, 0.5) is 5.69 Å². The van der Waals surface area contributed by atoms with E-state index in [4.69, 9.17) is 5.84 Å². The average molecular weight is 298 g/mol. The first kappa shape index (κ1) is 15.2. The molecular weight excluding hydrogens is 276 g/mol. The Kier molecular flexibility index (Phi) is 4.06. The summed E-state index contributed by atoms with van der Waals surface area (Å²) >= 11 is 0. The van der Waals surface area contributed by atoms with Gasteiger partial charge >= 0.3 is 0 Å². The molecule has 1 aromatic carbocycles. The van der Waals surface area contributed by atoms with E-state index in [2.05, 4.69) is 10.3 Å². The summed E-state index contributed by atoms with van der Waals surface area (Å²) in [6.07, 6.45) is 0. The van der Waals surface area contributed by atoms with Crippen LogP contribution in [0.1, 0.15) is 13.8 Å². The molecule has 1 aromatic rings. The van der Waals surface area contributed by atoms with Gasteiger partial charge in [-0.05, 0) is 33.0 Å². The molecule has 0 atom stereocenters.